The Kier molecular flexibility index (Phi) is 8.08. The van der Waals surface area contributed by atoms with Crippen LogP contribution in [0, 0.1) is 0 Å². The van der Waals surface area contributed by atoms with Crippen molar-refractivity contribution in [1.29, 1.82) is 0 Å². The van der Waals surface area contributed by atoms with Crippen molar-refractivity contribution in [3.63, 3.8) is 0 Å². The van der Waals surface area contributed by atoms with E-state index < -0.39 is 0 Å². The third kappa shape index (κ3) is 5.54. The van der Waals surface area contributed by atoms with Crippen molar-refractivity contribution in [3.8, 4) is 0 Å². The van der Waals surface area contributed by atoms with Crippen molar-refractivity contribution in [2.45, 2.75) is 26.0 Å². The van der Waals surface area contributed by atoms with Crippen LogP contribution in [-0.4, -0.2) is 62.7 Å². The van der Waals surface area contributed by atoms with Gasteiger partial charge in [0.25, 0.3) is 0 Å². The summed E-state index contributed by atoms with van der Waals surface area (Å²) in [7, 11) is 3.36. The minimum Gasteiger partial charge on any atom is -0.392 e. The van der Waals surface area contributed by atoms with Crippen LogP contribution in [0.4, 0.5) is 0 Å². The number of hydrogen-bond acceptors (Lipinski definition) is 4. The summed E-state index contributed by atoms with van der Waals surface area (Å²) in [4.78, 5) is 2.16. The molecule has 2 unspecified atom stereocenters. The van der Waals surface area contributed by atoms with Crippen molar-refractivity contribution in [2.75, 3.05) is 40.5 Å². The SMILES string of the molecule is COCCN(CCOC)C(C)C(C)O. The second-order valence-corrected chi connectivity index (χ2v) is 3.50. The Hall–Kier alpha value is -0.160. The van der Waals surface area contributed by atoms with Gasteiger partial charge in [-0.25, -0.2) is 0 Å². The highest BCUT2D eigenvalue weighted by molar-refractivity contribution is 4.71. The lowest BCUT2D eigenvalue weighted by molar-refractivity contribution is 0.0362. The molecule has 0 saturated heterocycles. The zero-order chi connectivity index (χ0) is 11.0. The maximum atomic E-state index is 9.47. The normalized spacial score (nSPS) is 15.9. The second kappa shape index (κ2) is 8.17. The summed E-state index contributed by atoms with van der Waals surface area (Å²) in [6.45, 7) is 6.83. The number of ether oxygens (including phenoxy) is 2. The van der Waals surface area contributed by atoms with Crippen LogP contribution < -0.4 is 0 Å². The molecule has 0 aromatic carbocycles. The number of hydrogen-bond donors (Lipinski definition) is 1. The summed E-state index contributed by atoms with van der Waals surface area (Å²) < 4.78 is 10.0. The van der Waals surface area contributed by atoms with Gasteiger partial charge < -0.3 is 14.6 Å². The molecule has 0 radical (unpaired) electrons. The van der Waals surface area contributed by atoms with Gasteiger partial charge in [0.05, 0.1) is 19.3 Å². The summed E-state index contributed by atoms with van der Waals surface area (Å²) in [5.41, 5.74) is 0. The number of rotatable bonds is 8. The van der Waals surface area contributed by atoms with Gasteiger partial charge in [-0.1, -0.05) is 0 Å². The van der Waals surface area contributed by atoms with Crippen LogP contribution >= 0.6 is 0 Å². The molecule has 0 aromatic heterocycles. The molecule has 0 spiro atoms. The van der Waals surface area contributed by atoms with Gasteiger partial charge in [0.15, 0.2) is 0 Å². The first-order valence-electron chi connectivity index (χ1n) is 5.03. The van der Waals surface area contributed by atoms with E-state index in [4.69, 9.17) is 9.47 Å². The zero-order valence-corrected chi connectivity index (χ0v) is 9.69. The molecule has 0 aliphatic carbocycles. The van der Waals surface area contributed by atoms with Crippen LogP contribution in [0.1, 0.15) is 13.8 Å². The van der Waals surface area contributed by atoms with E-state index in [1.807, 2.05) is 6.92 Å². The Morgan fingerprint density at radius 2 is 1.50 bits per heavy atom. The fourth-order valence-corrected chi connectivity index (χ4v) is 1.24. The van der Waals surface area contributed by atoms with E-state index in [0.717, 1.165) is 13.1 Å². The van der Waals surface area contributed by atoms with Crippen molar-refractivity contribution in [1.82, 2.24) is 4.90 Å². The third-order valence-corrected chi connectivity index (χ3v) is 2.44. The predicted octanol–water partition coefficient (Wildman–Crippen LogP) is 0.351. The quantitative estimate of drug-likeness (QED) is 0.621. The van der Waals surface area contributed by atoms with E-state index in [9.17, 15) is 5.11 Å². The smallest absolute Gasteiger partial charge is 0.0664 e. The van der Waals surface area contributed by atoms with E-state index in [1.165, 1.54) is 0 Å². The largest absolute Gasteiger partial charge is 0.392 e. The topological polar surface area (TPSA) is 41.9 Å². The van der Waals surface area contributed by atoms with Crippen LogP contribution in [-0.2, 0) is 9.47 Å². The highest BCUT2D eigenvalue weighted by atomic mass is 16.5. The number of nitrogens with zero attached hydrogens (tertiary/aromatic N) is 1. The third-order valence-electron chi connectivity index (χ3n) is 2.44. The standard InChI is InChI=1S/C10H23NO3/c1-9(10(2)12)11(5-7-13-3)6-8-14-4/h9-10,12H,5-8H2,1-4H3. The van der Waals surface area contributed by atoms with Crippen LogP contribution in [0.15, 0.2) is 0 Å². The van der Waals surface area contributed by atoms with E-state index >= 15 is 0 Å². The average Bonchev–Trinajstić information content (AvgIpc) is 2.17. The molecule has 14 heavy (non-hydrogen) atoms. The van der Waals surface area contributed by atoms with E-state index in [2.05, 4.69) is 4.90 Å². The number of methoxy groups -OCH3 is 2. The molecule has 0 heterocycles. The molecular formula is C10H23NO3. The van der Waals surface area contributed by atoms with Crippen molar-refractivity contribution in [2.24, 2.45) is 0 Å². The molecule has 0 aliphatic rings. The molecule has 0 rings (SSSR count). The molecule has 0 amide bonds. The fraction of sp³-hybridized carbons (Fsp3) is 1.00. The number of aliphatic hydroxyl groups is 1. The maximum Gasteiger partial charge on any atom is 0.0664 e. The van der Waals surface area contributed by atoms with E-state index in [-0.39, 0.29) is 12.1 Å². The van der Waals surface area contributed by atoms with Gasteiger partial charge in [-0.2, -0.15) is 0 Å². The second-order valence-electron chi connectivity index (χ2n) is 3.50. The molecule has 4 heteroatoms. The van der Waals surface area contributed by atoms with Gasteiger partial charge in [0.2, 0.25) is 0 Å². The summed E-state index contributed by atoms with van der Waals surface area (Å²) in [6.07, 6.45) is -0.330. The zero-order valence-electron chi connectivity index (χ0n) is 9.69. The molecule has 4 nitrogen and oxygen atoms in total. The fourth-order valence-electron chi connectivity index (χ4n) is 1.24. The monoisotopic (exact) mass is 205 g/mol. The first-order valence-corrected chi connectivity index (χ1v) is 5.03. The molecule has 0 aliphatic heterocycles. The van der Waals surface area contributed by atoms with Crippen molar-refractivity contribution >= 4 is 0 Å². The molecule has 1 N–H and O–H groups in total. The Morgan fingerprint density at radius 1 is 1.07 bits per heavy atom. The molecular weight excluding hydrogens is 182 g/mol. The first kappa shape index (κ1) is 13.8. The highest BCUT2D eigenvalue weighted by Gasteiger charge is 2.17. The highest BCUT2D eigenvalue weighted by Crippen LogP contribution is 2.03. The van der Waals surface area contributed by atoms with Crippen LogP contribution in [0.3, 0.4) is 0 Å². The van der Waals surface area contributed by atoms with Crippen molar-refractivity contribution in [3.05, 3.63) is 0 Å². The minimum atomic E-state index is -0.330. The lowest BCUT2D eigenvalue weighted by Crippen LogP contribution is -2.43. The molecule has 0 aromatic rings. The Bertz CT molecular complexity index is 123. The maximum absolute atomic E-state index is 9.47. The van der Waals surface area contributed by atoms with Crippen LogP contribution in [0.2, 0.25) is 0 Å². The van der Waals surface area contributed by atoms with Gasteiger partial charge in [-0.15, -0.1) is 0 Å². The molecule has 0 bridgehead atoms. The molecule has 86 valence electrons. The lowest BCUT2D eigenvalue weighted by atomic mass is 10.2. The average molecular weight is 205 g/mol. The summed E-state index contributed by atoms with van der Waals surface area (Å²) in [6, 6.07) is 0.139. The Balaban J connectivity index is 3.94. The Labute approximate surface area is 86.8 Å². The minimum absolute atomic E-state index is 0.139. The van der Waals surface area contributed by atoms with Crippen LogP contribution in [0.25, 0.3) is 0 Å². The van der Waals surface area contributed by atoms with Crippen LogP contribution in [0.5, 0.6) is 0 Å². The van der Waals surface area contributed by atoms with Crippen molar-refractivity contribution < 1.29 is 14.6 Å². The number of aliphatic hydroxyl groups excluding tert-OH is 1. The summed E-state index contributed by atoms with van der Waals surface area (Å²) in [5, 5.41) is 9.47. The molecule has 2 atom stereocenters. The molecule has 0 saturated carbocycles. The van der Waals surface area contributed by atoms with E-state index in [0.29, 0.717) is 13.2 Å². The van der Waals surface area contributed by atoms with Gasteiger partial charge in [-0.3, -0.25) is 4.90 Å². The summed E-state index contributed by atoms with van der Waals surface area (Å²) >= 11 is 0. The van der Waals surface area contributed by atoms with Gasteiger partial charge in [0.1, 0.15) is 0 Å². The van der Waals surface area contributed by atoms with Gasteiger partial charge in [-0.05, 0) is 13.8 Å². The Morgan fingerprint density at radius 3 is 1.79 bits per heavy atom. The predicted molar refractivity (Wildman–Crippen MR) is 56.5 cm³/mol. The molecule has 0 fully saturated rings. The first-order chi connectivity index (χ1) is 6.63. The van der Waals surface area contributed by atoms with E-state index in [1.54, 1.807) is 21.1 Å². The van der Waals surface area contributed by atoms with Gasteiger partial charge >= 0.3 is 0 Å². The summed E-state index contributed by atoms with van der Waals surface area (Å²) in [5.74, 6) is 0. The lowest BCUT2D eigenvalue weighted by Gasteiger charge is -2.30. The van der Waals surface area contributed by atoms with Gasteiger partial charge in [0, 0.05) is 33.4 Å².